The first-order chi connectivity index (χ1) is 11.6. The summed E-state index contributed by atoms with van der Waals surface area (Å²) in [6.45, 7) is 6.53. The van der Waals surface area contributed by atoms with Gasteiger partial charge in [0.2, 0.25) is 0 Å². The molecule has 4 heteroatoms. The molecule has 0 rings (SSSR count). The van der Waals surface area contributed by atoms with E-state index in [9.17, 15) is 9.59 Å². The van der Waals surface area contributed by atoms with Crippen molar-refractivity contribution in [2.75, 3.05) is 6.61 Å². The van der Waals surface area contributed by atoms with Gasteiger partial charge >= 0.3 is 11.9 Å². The van der Waals surface area contributed by atoms with E-state index in [0.29, 0.717) is 25.9 Å². The van der Waals surface area contributed by atoms with E-state index < -0.39 is 0 Å². The summed E-state index contributed by atoms with van der Waals surface area (Å²) >= 11 is 0. The molecule has 0 aromatic rings. The van der Waals surface area contributed by atoms with Crippen LogP contribution in [0.1, 0.15) is 104 Å². The van der Waals surface area contributed by atoms with Crippen LogP contribution in [0.25, 0.3) is 0 Å². The lowest BCUT2D eigenvalue weighted by molar-refractivity contribution is -0.150. The number of hydrogen-bond donors (Lipinski definition) is 0. The molecule has 0 heterocycles. The summed E-state index contributed by atoms with van der Waals surface area (Å²) in [5, 5.41) is 0. The zero-order valence-corrected chi connectivity index (χ0v) is 16.1. The normalized spacial score (nSPS) is 12.0. The highest BCUT2D eigenvalue weighted by atomic mass is 16.6. The summed E-state index contributed by atoms with van der Waals surface area (Å²) in [5.74, 6) is -0.277. The van der Waals surface area contributed by atoms with Crippen molar-refractivity contribution in [1.82, 2.24) is 0 Å². The third kappa shape index (κ3) is 15.8. The number of carbonyl (C=O) groups excluding carboxylic acids is 2. The van der Waals surface area contributed by atoms with E-state index in [1.54, 1.807) is 0 Å². The van der Waals surface area contributed by atoms with Crippen molar-refractivity contribution >= 4 is 11.9 Å². The molecule has 0 N–H and O–H groups in total. The molecule has 1 atom stereocenters. The fraction of sp³-hybridized carbons (Fsp3) is 0.900. The molecular weight excluding hydrogens is 304 g/mol. The minimum absolute atomic E-state index is 0.136. The molecule has 142 valence electrons. The minimum Gasteiger partial charge on any atom is -0.466 e. The van der Waals surface area contributed by atoms with Gasteiger partial charge in [-0.1, -0.05) is 65.2 Å². The van der Waals surface area contributed by atoms with Gasteiger partial charge in [-0.25, -0.2) is 0 Å². The lowest BCUT2D eigenvalue weighted by atomic mass is 10.1. The Bertz CT molecular complexity index is 315. The second kappa shape index (κ2) is 16.8. The highest BCUT2D eigenvalue weighted by Crippen LogP contribution is 2.09. The topological polar surface area (TPSA) is 52.6 Å². The molecule has 4 nitrogen and oxygen atoms in total. The number of ether oxygens (including phenoxy) is 2. The molecule has 0 fully saturated rings. The third-order valence-corrected chi connectivity index (χ3v) is 4.09. The first-order valence-corrected chi connectivity index (χ1v) is 9.95. The quantitative estimate of drug-likeness (QED) is 0.272. The van der Waals surface area contributed by atoms with Gasteiger partial charge < -0.3 is 9.47 Å². The van der Waals surface area contributed by atoms with Gasteiger partial charge in [0.05, 0.1) is 6.61 Å². The highest BCUT2D eigenvalue weighted by molar-refractivity contribution is 5.69. The molecule has 24 heavy (non-hydrogen) atoms. The molecule has 0 aliphatic heterocycles. The van der Waals surface area contributed by atoms with Gasteiger partial charge in [-0.05, 0) is 19.8 Å². The van der Waals surface area contributed by atoms with Crippen molar-refractivity contribution in [3.05, 3.63) is 0 Å². The van der Waals surface area contributed by atoms with Crippen LogP contribution in [-0.2, 0) is 19.1 Å². The Morgan fingerprint density at radius 1 is 0.750 bits per heavy atom. The first-order valence-electron chi connectivity index (χ1n) is 9.95. The summed E-state index contributed by atoms with van der Waals surface area (Å²) in [6.07, 6.45) is 12.7. The number of esters is 2. The van der Waals surface area contributed by atoms with Crippen molar-refractivity contribution in [2.24, 2.45) is 0 Å². The Hall–Kier alpha value is -1.06. The van der Waals surface area contributed by atoms with Gasteiger partial charge in [-0.15, -0.1) is 0 Å². The third-order valence-electron chi connectivity index (χ3n) is 4.09. The Morgan fingerprint density at radius 3 is 1.88 bits per heavy atom. The van der Waals surface area contributed by atoms with E-state index in [1.807, 2.05) is 6.92 Å². The Kier molecular flexibility index (Phi) is 16.0. The Morgan fingerprint density at radius 2 is 1.25 bits per heavy atom. The largest absolute Gasteiger partial charge is 0.466 e. The van der Waals surface area contributed by atoms with E-state index >= 15 is 0 Å². The second-order valence-corrected chi connectivity index (χ2v) is 6.64. The zero-order valence-electron chi connectivity index (χ0n) is 16.1. The fourth-order valence-electron chi connectivity index (χ4n) is 2.50. The first kappa shape index (κ1) is 22.9. The standard InChI is InChI=1S/C20H38O4/c1-4-6-8-10-11-13-14-19(21)23-17-16-18(3)24-20(22)15-12-9-7-5-2/h18H,4-17H2,1-3H3. The fourth-order valence-corrected chi connectivity index (χ4v) is 2.50. The van der Waals surface area contributed by atoms with Crippen molar-refractivity contribution in [3.63, 3.8) is 0 Å². The van der Waals surface area contributed by atoms with Gasteiger partial charge in [0.15, 0.2) is 0 Å². The van der Waals surface area contributed by atoms with Crippen LogP contribution < -0.4 is 0 Å². The second-order valence-electron chi connectivity index (χ2n) is 6.64. The number of unbranched alkanes of at least 4 members (excludes halogenated alkanes) is 8. The van der Waals surface area contributed by atoms with Gasteiger partial charge in [-0.3, -0.25) is 9.59 Å². The zero-order chi connectivity index (χ0) is 18.0. The summed E-state index contributed by atoms with van der Waals surface area (Å²) in [7, 11) is 0. The maximum absolute atomic E-state index is 11.6. The van der Waals surface area contributed by atoms with E-state index in [4.69, 9.17) is 9.47 Å². The predicted molar refractivity (Wildman–Crippen MR) is 97.9 cm³/mol. The summed E-state index contributed by atoms with van der Waals surface area (Å²) in [6, 6.07) is 0. The molecule has 0 bridgehead atoms. The molecule has 1 unspecified atom stereocenters. The van der Waals surface area contributed by atoms with E-state index in [-0.39, 0.29) is 18.0 Å². The minimum atomic E-state index is -0.189. The monoisotopic (exact) mass is 342 g/mol. The lowest BCUT2D eigenvalue weighted by Crippen LogP contribution is -2.18. The molecule has 0 aliphatic rings. The molecule has 0 aromatic carbocycles. The predicted octanol–water partition coefficient (Wildman–Crippen LogP) is 5.57. The van der Waals surface area contributed by atoms with Crippen LogP contribution in [0.5, 0.6) is 0 Å². The van der Waals surface area contributed by atoms with Crippen molar-refractivity contribution in [2.45, 2.75) is 110 Å². The number of carbonyl (C=O) groups is 2. The van der Waals surface area contributed by atoms with Crippen molar-refractivity contribution in [3.8, 4) is 0 Å². The average molecular weight is 343 g/mol. The van der Waals surface area contributed by atoms with Crippen LogP contribution in [0.4, 0.5) is 0 Å². The van der Waals surface area contributed by atoms with Gasteiger partial charge in [-0.2, -0.15) is 0 Å². The lowest BCUT2D eigenvalue weighted by Gasteiger charge is -2.13. The molecule has 0 saturated carbocycles. The number of hydrogen-bond acceptors (Lipinski definition) is 4. The highest BCUT2D eigenvalue weighted by Gasteiger charge is 2.10. The SMILES string of the molecule is CCCCCCCCC(=O)OCCC(C)OC(=O)CCCCCC. The molecular formula is C20H38O4. The van der Waals surface area contributed by atoms with Crippen LogP contribution in [0.15, 0.2) is 0 Å². The Balaban J connectivity index is 3.50. The van der Waals surface area contributed by atoms with Gasteiger partial charge in [0.1, 0.15) is 6.10 Å². The van der Waals surface area contributed by atoms with Crippen LogP contribution in [0.3, 0.4) is 0 Å². The van der Waals surface area contributed by atoms with Crippen molar-refractivity contribution in [1.29, 1.82) is 0 Å². The van der Waals surface area contributed by atoms with Crippen LogP contribution >= 0.6 is 0 Å². The van der Waals surface area contributed by atoms with E-state index in [1.165, 1.54) is 25.7 Å². The summed E-state index contributed by atoms with van der Waals surface area (Å²) in [4.78, 5) is 23.2. The van der Waals surface area contributed by atoms with Crippen molar-refractivity contribution < 1.29 is 19.1 Å². The maximum atomic E-state index is 11.6. The Labute approximate surface area is 148 Å². The van der Waals surface area contributed by atoms with Crippen LogP contribution in [0, 0.1) is 0 Å². The van der Waals surface area contributed by atoms with Gasteiger partial charge in [0, 0.05) is 19.3 Å². The maximum Gasteiger partial charge on any atom is 0.306 e. The van der Waals surface area contributed by atoms with E-state index in [0.717, 1.165) is 38.5 Å². The summed E-state index contributed by atoms with van der Waals surface area (Å²) < 4.78 is 10.5. The molecule has 0 radical (unpaired) electrons. The van der Waals surface area contributed by atoms with Crippen LogP contribution in [0.2, 0.25) is 0 Å². The average Bonchev–Trinajstić information content (AvgIpc) is 2.55. The molecule has 0 saturated heterocycles. The van der Waals surface area contributed by atoms with Gasteiger partial charge in [0.25, 0.3) is 0 Å². The molecule has 0 aliphatic carbocycles. The molecule has 0 spiro atoms. The van der Waals surface area contributed by atoms with E-state index in [2.05, 4.69) is 13.8 Å². The molecule has 0 aromatic heterocycles. The van der Waals surface area contributed by atoms with Crippen LogP contribution in [-0.4, -0.2) is 24.6 Å². The summed E-state index contributed by atoms with van der Waals surface area (Å²) in [5.41, 5.74) is 0. The smallest absolute Gasteiger partial charge is 0.306 e. The molecule has 0 amide bonds. The number of rotatable bonds is 16.